The van der Waals surface area contributed by atoms with Crippen molar-refractivity contribution in [1.29, 1.82) is 0 Å². The molecule has 0 amide bonds. The van der Waals surface area contributed by atoms with Gasteiger partial charge in [0.1, 0.15) is 6.26 Å². The summed E-state index contributed by atoms with van der Waals surface area (Å²) in [5.74, 6) is -0.955. The van der Waals surface area contributed by atoms with E-state index in [4.69, 9.17) is 0 Å². The number of anilines is 1. The van der Waals surface area contributed by atoms with E-state index in [9.17, 15) is 14.5 Å². The third-order valence-electron chi connectivity index (χ3n) is 4.26. The Bertz CT molecular complexity index is 979. The lowest BCUT2D eigenvalue weighted by molar-refractivity contribution is 0.0696. The van der Waals surface area contributed by atoms with Crippen molar-refractivity contribution in [2.24, 2.45) is 0 Å². The molecule has 1 atom stereocenters. The first-order valence-electron chi connectivity index (χ1n) is 8.66. The van der Waals surface area contributed by atoms with E-state index in [1.54, 1.807) is 30.8 Å². The van der Waals surface area contributed by atoms with Gasteiger partial charge in [-0.3, -0.25) is 4.98 Å². The first kappa shape index (κ1) is 20.3. The average molecular weight is 413 g/mol. The van der Waals surface area contributed by atoms with Crippen LogP contribution in [0.3, 0.4) is 0 Å². The van der Waals surface area contributed by atoms with Crippen LogP contribution in [0.4, 0.5) is 5.69 Å². The van der Waals surface area contributed by atoms with E-state index < -0.39 is 17.1 Å². The number of carboxylic acids is 1. The van der Waals surface area contributed by atoms with Crippen molar-refractivity contribution < 1.29 is 14.5 Å². The highest BCUT2D eigenvalue weighted by Crippen LogP contribution is 2.34. The highest BCUT2D eigenvalue weighted by molar-refractivity contribution is 8.00. The van der Waals surface area contributed by atoms with E-state index in [2.05, 4.69) is 9.71 Å². The smallest absolute Gasteiger partial charge is 0.335 e. The van der Waals surface area contributed by atoms with Gasteiger partial charge in [-0.05, 0) is 65.4 Å². The summed E-state index contributed by atoms with van der Waals surface area (Å²) >= 11 is 0.242. The van der Waals surface area contributed by atoms with Gasteiger partial charge in [-0.25, -0.2) is 4.79 Å². The topological polar surface area (TPSA) is 85.3 Å². The van der Waals surface area contributed by atoms with Crippen molar-refractivity contribution in [3.63, 3.8) is 0 Å². The van der Waals surface area contributed by atoms with Gasteiger partial charge >= 0.3 is 5.97 Å². The number of carboxylic acid groups (broad SMARTS) is 1. The van der Waals surface area contributed by atoms with Gasteiger partial charge in [0.05, 0.1) is 11.3 Å². The first-order chi connectivity index (χ1) is 13.5. The Hall–Kier alpha value is -2.48. The number of carbonyl (C=O) groups is 1. The molecule has 1 aromatic heterocycles. The van der Waals surface area contributed by atoms with Crippen LogP contribution in [0.1, 0.15) is 22.8 Å². The lowest BCUT2D eigenvalue weighted by atomic mass is 10.1. The van der Waals surface area contributed by atoms with Gasteiger partial charge in [0.25, 0.3) is 0 Å². The van der Waals surface area contributed by atoms with Gasteiger partial charge in [0, 0.05) is 34.5 Å². The zero-order valence-electron chi connectivity index (χ0n) is 15.5. The molecule has 28 heavy (non-hydrogen) atoms. The molecule has 7 heteroatoms. The molecule has 3 rings (SSSR count). The molecule has 144 valence electrons. The van der Waals surface area contributed by atoms with Crippen molar-refractivity contribution in [2.75, 3.05) is 11.0 Å². The molecule has 0 radical (unpaired) electrons. The van der Waals surface area contributed by atoms with Crippen LogP contribution in [-0.2, 0) is 17.6 Å². The minimum Gasteiger partial charge on any atom is -0.612 e. The fourth-order valence-electron chi connectivity index (χ4n) is 2.75. The summed E-state index contributed by atoms with van der Waals surface area (Å²) in [6.45, 7) is 2.03. The average Bonchev–Trinajstić information content (AvgIpc) is 2.72. The van der Waals surface area contributed by atoms with Gasteiger partial charge in [-0.1, -0.05) is 19.1 Å². The number of hydrogen-bond acceptors (Lipinski definition) is 5. The molecule has 0 saturated heterocycles. The molecule has 0 aliphatic heterocycles. The number of pyridine rings is 1. The van der Waals surface area contributed by atoms with Crippen molar-refractivity contribution in [3.8, 4) is 11.1 Å². The van der Waals surface area contributed by atoms with Gasteiger partial charge in [0.2, 0.25) is 0 Å². The molecule has 0 spiro atoms. The lowest BCUT2D eigenvalue weighted by Crippen LogP contribution is -2.01. The molecule has 0 aliphatic carbocycles. The molecule has 2 aromatic carbocycles. The van der Waals surface area contributed by atoms with Crippen LogP contribution in [0.5, 0.6) is 0 Å². The fraction of sp³-hybridized carbons (Fsp3) is 0.143. The van der Waals surface area contributed by atoms with Crippen LogP contribution < -0.4 is 4.72 Å². The maximum atomic E-state index is 11.9. The number of benzene rings is 2. The quantitative estimate of drug-likeness (QED) is 0.426. The first-order valence-corrected chi connectivity index (χ1v) is 11.0. The van der Waals surface area contributed by atoms with Crippen LogP contribution in [0.2, 0.25) is 0 Å². The summed E-state index contributed by atoms with van der Waals surface area (Å²) in [5.41, 5.74) is 3.97. The summed E-state index contributed by atoms with van der Waals surface area (Å²) in [5, 5.41) is 9.28. The summed E-state index contributed by atoms with van der Waals surface area (Å²) in [6.07, 6.45) is 5.92. The minimum absolute atomic E-state index is 0.248. The minimum atomic E-state index is -1.11. The normalized spacial score (nSPS) is 11.8. The van der Waals surface area contributed by atoms with Crippen molar-refractivity contribution in [1.82, 2.24) is 4.98 Å². The number of nitrogens with zero attached hydrogens (tertiary/aromatic N) is 1. The van der Waals surface area contributed by atoms with Gasteiger partial charge in [0.15, 0.2) is 4.90 Å². The monoisotopic (exact) mass is 412 g/mol. The summed E-state index contributed by atoms with van der Waals surface area (Å²) in [6, 6.07) is 14.6. The number of aromatic carboxylic acids is 1. The maximum absolute atomic E-state index is 11.9. The lowest BCUT2D eigenvalue weighted by Gasteiger charge is -2.15. The molecule has 3 aromatic rings. The molecule has 1 heterocycles. The number of rotatable bonds is 7. The van der Waals surface area contributed by atoms with Gasteiger partial charge in [-0.2, -0.15) is 0 Å². The van der Waals surface area contributed by atoms with E-state index in [1.165, 1.54) is 11.9 Å². The number of aryl methyl sites for hydroxylation is 1. The molecule has 0 aliphatic rings. The molecule has 1 unspecified atom stereocenters. The Balaban J connectivity index is 1.96. The molecular formula is C21H20N2O3S2. The Kier molecular flexibility index (Phi) is 6.61. The standard InChI is InChI=1S/C21H20N2O3S2/c1-3-14-6-7-15(21(24)25)11-20(14)27-23-19-12-17(28(2)26)8-9-18(19)16-5-4-10-22-13-16/h4-13,23H,3H2,1-2H3,(H,24,25). The number of hydrogen-bond donors (Lipinski definition) is 2. The molecule has 0 saturated carbocycles. The molecule has 2 N–H and O–H groups in total. The van der Waals surface area contributed by atoms with Crippen LogP contribution in [-0.4, -0.2) is 26.9 Å². The number of aromatic nitrogens is 1. The second-order valence-electron chi connectivity index (χ2n) is 6.09. The van der Waals surface area contributed by atoms with Crippen molar-refractivity contribution in [3.05, 3.63) is 72.1 Å². The van der Waals surface area contributed by atoms with E-state index in [0.29, 0.717) is 4.90 Å². The van der Waals surface area contributed by atoms with Crippen molar-refractivity contribution in [2.45, 2.75) is 23.1 Å². The fourth-order valence-corrected chi connectivity index (χ4v) is 4.21. The summed E-state index contributed by atoms with van der Waals surface area (Å²) in [7, 11) is 0. The van der Waals surface area contributed by atoms with Gasteiger partial charge < -0.3 is 14.4 Å². The zero-order valence-corrected chi connectivity index (χ0v) is 17.1. The second-order valence-corrected chi connectivity index (χ2v) is 8.32. The van der Waals surface area contributed by atoms with Crippen LogP contribution in [0.15, 0.2) is 70.7 Å². The van der Waals surface area contributed by atoms with Crippen LogP contribution >= 0.6 is 11.9 Å². The zero-order chi connectivity index (χ0) is 20.1. The SMILES string of the molecule is CCc1ccc(C(=O)O)cc1SNc1cc([S+](C)[O-])ccc1-c1cccnc1. The van der Waals surface area contributed by atoms with E-state index >= 15 is 0 Å². The Morgan fingerprint density at radius 3 is 2.71 bits per heavy atom. The third kappa shape index (κ3) is 4.67. The molecule has 5 nitrogen and oxygen atoms in total. The Morgan fingerprint density at radius 2 is 2.07 bits per heavy atom. The predicted octanol–water partition coefficient (Wildman–Crippen LogP) is 4.87. The summed E-state index contributed by atoms with van der Waals surface area (Å²) < 4.78 is 15.3. The Labute approximate surface area is 171 Å². The summed E-state index contributed by atoms with van der Waals surface area (Å²) in [4.78, 5) is 17.1. The largest absolute Gasteiger partial charge is 0.612 e. The third-order valence-corrected chi connectivity index (χ3v) is 6.10. The highest BCUT2D eigenvalue weighted by atomic mass is 32.2. The Morgan fingerprint density at radius 1 is 1.25 bits per heavy atom. The molecule has 0 bridgehead atoms. The van der Waals surface area contributed by atoms with E-state index in [0.717, 1.165) is 33.7 Å². The molecular weight excluding hydrogens is 392 g/mol. The second kappa shape index (κ2) is 9.14. The van der Waals surface area contributed by atoms with Crippen molar-refractivity contribution >= 4 is 34.8 Å². The highest BCUT2D eigenvalue weighted by Gasteiger charge is 2.13. The number of nitrogens with one attached hydrogen (secondary N) is 1. The van der Waals surface area contributed by atoms with Gasteiger partial charge in [-0.15, -0.1) is 0 Å². The van der Waals surface area contributed by atoms with Crippen LogP contribution in [0.25, 0.3) is 11.1 Å². The van der Waals surface area contributed by atoms with E-state index in [-0.39, 0.29) is 5.56 Å². The van der Waals surface area contributed by atoms with E-state index in [1.807, 2.05) is 43.3 Å². The molecule has 0 fully saturated rings. The predicted molar refractivity (Wildman–Crippen MR) is 114 cm³/mol. The maximum Gasteiger partial charge on any atom is 0.335 e. The van der Waals surface area contributed by atoms with Crippen LogP contribution in [0, 0.1) is 0 Å².